The van der Waals surface area contributed by atoms with Crippen LogP contribution in [-0.2, 0) is 10.2 Å². The lowest BCUT2D eigenvalue weighted by atomic mass is 9.85. The van der Waals surface area contributed by atoms with Gasteiger partial charge in [0.15, 0.2) is 0 Å². The molecule has 0 bridgehead atoms. The Kier molecular flexibility index (Phi) is 9.62. The Bertz CT molecular complexity index is 1190. The highest BCUT2D eigenvalue weighted by molar-refractivity contribution is 8.14. The Labute approximate surface area is 205 Å². The summed E-state index contributed by atoms with van der Waals surface area (Å²) in [6, 6.07) is 8.86. The number of esters is 1. The van der Waals surface area contributed by atoms with Crippen LogP contribution in [0.15, 0.2) is 42.5 Å². The van der Waals surface area contributed by atoms with Crippen molar-refractivity contribution in [1.29, 1.82) is 0 Å². The summed E-state index contributed by atoms with van der Waals surface area (Å²) in [6.07, 6.45) is 4.25. The number of aromatic nitrogens is 3. The zero-order chi connectivity index (χ0) is 25.5. The number of phenolic OH excluding ortho intramolecular Hbond substituents is 1. The number of carbonyl (C=O) groups excluding carboxylic acids is 1. The zero-order valence-electron chi connectivity index (χ0n) is 21.4. The van der Waals surface area contributed by atoms with Crippen LogP contribution in [0.25, 0.3) is 16.7 Å². The van der Waals surface area contributed by atoms with Gasteiger partial charge in [-0.1, -0.05) is 52.6 Å². The lowest BCUT2D eigenvalue weighted by molar-refractivity contribution is -0.128. The highest BCUT2D eigenvalue weighted by Crippen LogP contribution is 2.36. The van der Waals surface area contributed by atoms with Crippen LogP contribution in [0.4, 0.5) is 0 Å². The van der Waals surface area contributed by atoms with Crippen LogP contribution < -0.4 is 4.74 Å². The maximum atomic E-state index is 11.6. The average molecular weight is 484 g/mol. The molecule has 2 aromatic carbocycles. The number of fused-ring (bicyclic) bond motifs is 1. The predicted molar refractivity (Wildman–Crippen MR) is 145 cm³/mol. The van der Waals surface area contributed by atoms with Gasteiger partial charge in [-0.25, -0.2) is 4.79 Å². The van der Waals surface area contributed by atoms with Crippen molar-refractivity contribution in [3.63, 3.8) is 0 Å². The van der Waals surface area contributed by atoms with Crippen molar-refractivity contribution in [1.82, 2.24) is 15.0 Å². The fourth-order valence-electron chi connectivity index (χ4n) is 3.27. The number of nitrogens with zero attached hydrogens (tertiary/aromatic N) is 3. The van der Waals surface area contributed by atoms with Crippen LogP contribution in [0.1, 0.15) is 59.1 Å². The standard InChI is InChI=1S/C21H23N3O3.C6H14S/c1-6-7-19(25)27-14-8-9-16-17(12-14)23-24(22-16)18-11-13(2)10-15(20(18)26)21(3,4)5;1-4-6-7(3)5-2/h6-12,26H,1-5H3;3-6H2,1-2H3/b7-6+;. The van der Waals surface area contributed by atoms with E-state index in [2.05, 4.69) is 29.9 Å². The Balaban J connectivity index is 0.000000509. The Morgan fingerprint density at radius 1 is 1.18 bits per heavy atom. The normalized spacial score (nSPS) is 12.4. The van der Waals surface area contributed by atoms with Gasteiger partial charge in [-0.2, -0.15) is 10.5 Å². The van der Waals surface area contributed by atoms with E-state index in [0.717, 1.165) is 11.1 Å². The SMILES string of the molecule is C/C=C/C(=O)Oc1ccc2nn(-c3cc(C)cc(C(C)(C)C)c3O)nc2c1.C=S(CC)CCC. The third-order valence-electron chi connectivity index (χ3n) is 5.03. The minimum atomic E-state index is -0.449. The summed E-state index contributed by atoms with van der Waals surface area (Å²) in [5.74, 6) is 6.65. The third kappa shape index (κ3) is 7.29. The van der Waals surface area contributed by atoms with Crippen LogP contribution in [0.2, 0.25) is 0 Å². The highest BCUT2D eigenvalue weighted by atomic mass is 32.2. The first-order valence-corrected chi connectivity index (χ1v) is 13.3. The van der Waals surface area contributed by atoms with E-state index in [0.29, 0.717) is 33.0 Å². The molecule has 1 N–H and O–H groups in total. The lowest BCUT2D eigenvalue weighted by Gasteiger charge is -2.22. The molecule has 0 aliphatic carbocycles. The van der Waals surface area contributed by atoms with E-state index in [1.807, 2.05) is 39.8 Å². The summed E-state index contributed by atoms with van der Waals surface area (Å²) < 4.78 is 5.23. The van der Waals surface area contributed by atoms with Gasteiger partial charge in [0, 0.05) is 17.7 Å². The number of hydrogen-bond donors (Lipinski definition) is 1. The van der Waals surface area contributed by atoms with Crippen molar-refractivity contribution >= 4 is 33.4 Å². The van der Waals surface area contributed by atoms with Crippen LogP contribution in [-0.4, -0.2) is 43.4 Å². The molecule has 0 saturated carbocycles. The summed E-state index contributed by atoms with van der Waals surface area (Å²) in [5.41, 5.74) is 3.35. The second-order valence-electron chi connectivity index (χ2n) is 9.10. The molecule has 1 unspecified atom stereocenters. The fourth-order valence-corrected chi connectivity index (χ4v) is 4.13. The molecule has 184 valence electrons. The molecule has 0 spiro atoms. The molecule has 1 heterocycles. The topological polar surface area (TPSA) is 77.2 Å². The summed E-state index contributed by atoms with van der Waals surface area (Å²) in [7, 11) is 0.473. The summed E-state index contributed by atoms with van der Waals surface area (Å²) in [6.45, 7) is 14.3. The van der Waals surface area contributed by atoms with Gasteiger partial charge in [-0.15, -0.1) is 15.0 Å². The van der Waals surface area contributed by atoms with Crippen molar-refractivity contribution in [2.75, 3.05) is 11.5 Å². The predicted octanol–water partition coefficient (Wildman–Crippen LogP) is 6.33. The number of aromatic hydroxyl groups is 1. The maximum absolute atomic E-state index is 11.6. The van der Waals surface area contributed by atoms with Crippen LogP contribution >= 0.6 is 10.5 Å². The minimum absolute atomic E-state index is 0.160. The van der Waals surface area contributed by atoms with Gasteiger partial charge >= 0.3 is 5.97 Å². The molecule has 3 rings (SSSR count). The molecule has 0 amide bonds. The highest BCUT2D eigenvalue weighted by Gasteiger charge is 2.22. The smallest absolute Gasteiger partial charge is 0.335 e. The molecule has 34 heavy (non-hydrogen) atoms. The summed E-state index contributed by atoms with van der Waals surface area (Å²) in [4.78, 5) is 13.0. The molecule has 1 aromatic heterocycles. The number of phenols is 1. The summed E-state index contributed by atoms with van der Waals surface area (Å²) in [5, 5.41) is 19.7. The molecule has 0 aliphatic rings. The second kappa shape index (κ2) is 12.0. The maximum Gasteiger partial charge on any atom is 0.335 e. The van der Waals surface area contributed by atoms with Crippen molar-refractivity contribution in [3.8, 4) is 17.2 Å². The van der Waals surface area contributed by atoms with E-state index in [9.17, 15) is 9.90 Å². The number of allylic oxidation sites excluding steroid dienone is 1. The van der Waals surface area contributed by atoms with Gasteiger partial charge in [-0.05, 0) is 61.0 Å². The summed E-state index contributed by atoms with van der Waals surface area (Å²) >= 11 is 0. The van der Waals surface area contributed by atoms with Gasteiger partial charge < -0.3 is 9.84 Å². The number of rotatable bonds is 6. The quantitative estimate of drug-likeness (QED) is 0.192. The van der Waals surface area contributed by atoms with Crippen LogP contribution in [0, 0.1) is 6.92 Å². The lowest BCUT2D eigenvalue weighted by Crippen LogP contribution is -2.13. The molecule has 0 fully saturated rings. The Morgan fingerprint density at radius 3 is 2.41 bits per heavy atom. The first-order valence-electron chi connectivity index (χ1n) is 11.5. The molecule has 7 heteroatoms. The van der Waals surface area contributed by atoms with Crippen LogP contribution in [0.3, 0.4) is 0 Å². The number of aryl methyl sites for hydroxylation is 1. The van der Waals surface area contributed by atoms with Crippen molar-refractivity contribution in [2.45, 2.75) is 60.3 Å². The zero-order valence-corrected chi connectivity index (χ0v) is 22.2. The first-order chi connectivity index (χ1) is 16.0. The molecule has 0 radical (unpaired) electrons. The number of carbonyl (C=O) groups is 1. The fraction of sp³-hybridized carbons (Fsp3) is 0.407. The molecule has 6 nitrogen and oxygen atoms in total. The molecule has 0 saturated heterocycles. The molecule has 3 aromatic rings. The van der Waals surface area contributed by atoms with Gasteiger partial charge in [0.05, 0.1) is 0 Å². The second-order valence-corrected chi connectivity index (χ2v) is 11.3. The van der Waals surface area contributed by atoms with Gasteiger partial charge in [0.25, 0.3) is 0 Å². The number of ether oxygens (including phenoxy) is 1. The molecular formula is C27H37N3O3S. The monoisotopic (exact) mass is 483 g/mol. The largest absolute Gasteiger partial charge is 0.505 e. The van der Waals surface area contributed by atoms with E-state index < -0.39 is 5.97 Å². The minimum Gasteiger partial charge on any atom is -0.505 e. The van der Waals surface area contributed by atoms with Gasteiger partial charge in [0.1, 0.15) is 28.2 Å². The van der Waals surface area contributed by atoms with E-state index in [-0.39, 0.29) is 11.2 Å². The van der Waals surface area contributed by atoms with E-state index >= 15 is 0 Å². The number of benzene rings is 2. The van der Waals surface area contributed by atoms with Crippen molar-refractivity contribution < 1.29 is 14.6 Å². The first kappa shape index (κ1) is 27.3. The Morgan fingerprint density at radius 2 is 1.85 bits per heavy atom. The molecular weight excluding hydrogens is 446 g/mol. The van der Waals surface area contributed by atoms with Crippen molar-refractivity contribution in [2.24, 2.45) is 0 Å². The van der Waals surface area contributed by atoms with E-state index in [1.165, 1.54) is 28.8 Å². The molecule has 1 atom stereocenters. The van der Waals surface area contributed by atoms with Crippen LogP contribution in [0.5, 0.6) is 11.5 Å². The van der Waals surface area contributed by atoms with Crippen molar-refractivity contribution in [3.05, 3.63) is 53.6 Å². The van der Waals surface area contributed by atoms with Gasteiger partial charge in [-0.3, -0.25) is 0 Å². The Hall–Kier alpha value is -2.93. The molecule has 0 aliphatic heterocycles. The van der Waals surface area contributed by atoms with E-state index in [1.54, 1.807) is 31.2 Å². The number of hydrogen-bond acceptors (Lipinski definition) is 5. The average Bonchev–Trinajstić information content (AvgIpc) is 3.18. The van der Waals surface area contributed by atoms with Gasteiger partial charge in [0.2, 0.25) is 0 Å². The third-order valence-corrected chi connectivity index (χ3v) is 6.83. The van der Waals surface area contributed by atoms with E-state index in [4.69, 9.17) is 4.74 Å².